The molecule has 0 unspecified atom stereocenters. The quantitative estimate of drug-likeness (QED) is 0.450. The van der Waals surface area contributed by atoms with E-state index < -0.39 is 11.9 Å². The van der Waals surface area contributed by atoms with Crippen molar-refractivity contribution in [1.82, 2.24) is 4.90 Å². The zero-order valence-corrected chi connectivity index (χ0v) is 17.2. The van der Waals surface area contributed by atoms with Crippen LogP contribution in [0.15, 0.2) is 72.2 Å². The molecule has 1 aromatic heterocycles. The summed E-state index contributed by atoms with van der Waals surface area (Å²) in [6.45, 7) is 0.535. The summed E-state index contributed by atoms with van der Waals surface area (Å²) >= 11 is 1.58. The van der Waals surface area contributed by atoms with Crippen LogP contribution in [-0.2, 0) is 16.1 Å². The summed E-state index contributed by atoms with van der Waals surface area (Å²) in [6.07, 6.45) is 7.77. The zero-order chi connectivity index (χ0) is 22.0. The maximum absolute atomic E-state index is 11.8. The number of aromatic carboxylic acids is 1. The van der Waals surface area contributed by atoms with Crippen LogP contribution in [0.5, 0.6) is 0 Å². The van der Waals surface area contributed by atoms with Crippen LogP contribution in [0.1, 0.15) is 16.8 Å². The number of anilines is 2. The molecule has 3 heterocycles. The summed E-state index contributed by atoms with van der Waals surface area (Å²) in [6, 6.07) is 10.3. The molecule has 2 aromatic rings. The Kier molecular flexibility index (Phi) is 5.77. The smallest absolute Gasteiger partial charge is 0.352 e. The number of thioether (sulfide) groups is 1. The standard InChI is InChI=1S/C22H19N3O5S/c26-18-12-19-25(18)20(22(29)30)15(13-31-19)4-2-8-24-9-6-16(7-10-24)23-17-5-1-3-14(11-17)21(27)28/h1-7,9-11,19H,8,12-13H2,(H2,27,28,29,30)/p+1/b4-2+/t19-/m1/s1. The molecule has 1 amide bonds. The molecule has 3 N–H and O–H groups in total. The molecule has 9 heteroatoms. The Labute approximate surface area is 182 Å². The number of carboxylic acids is 2. The fourth-order valence-electron chi connectivity index (χ4n) is 3.44. The maximum Gasteiger partial charge on any atom is 0.352 e. The van der Waals surface area contributed by atoms with Crippen molar-refractivity contribution in [2.45, 2.75) is 18.3 Å². The number of hydrogen-bond donors (Lipinski definition) is 3. The van der Waals surface area contributed by atoms with Gasteiger partial charge in [0.2, 0.25) is 5.91 Å². The third-order valence-electron chi connectivity index (χ3n) is 5.01. The first-order valence-electron chi connectivity index (χ1n) is 9.58. The predicted octanol–water partition coefficient (Wildman–Crippen LogP) is 2.62. The van der Waals surface area contributed by atoms with Gasteiger partial charge < -0.3 is 15.5 Å². The van der Waals surface area contributed by atoms with E-state index in [-0.39, 0.29) is 22.5 Å². The first kappa shape index (κ1) is 20.7. The Morgan fingerprint density at radius 2 is 1.94 bits per heavy atom. The van der Waals surface area contributed by atoms with Gasteiger partial charge in [-0.1, -0.05) is 12.1 Å². The number of amides is 1. The number of rotatable bonds is 7. The summed E-state index contributed by atoms with van der Waals surface area (Å²) in [5.41, 5.74) is 2.43. The van der Waals surface area contributed by atoms with Gasteiger partial charge in [-0.2, -0.15) is 0 Å². The van der Waals surface area contributed by atoms with Crippen molar-refractivity contribution in [3.05, 3.63) is 77.8 Å². The molecule has 4 rings (SSSR count). The van der Waals surface area contributed by atoms with Gasteiger partial charge in [0.1, 0.15) is 5.70 Å². The SMILES string of the molecule is O=C(O)C1=C(/C=C/C[n+]2ccc(Nc3cccc(C(=O)O)c3)cc2)CS[C@@H]2CC(=O)N12. The Morgan fingerprint density at radius 3 is 2.61 bits per heavy atom. The van der Waals surface area contributed by atoms with Crippen molar-refractivity contribution in [2.75, 3.05) is 11.1 Å². The maximum atomic E-state index is 11.8. The Bertz CT molecular complexity index is 1110. The van der Waals surface area contributed by atoms with Gasteiger partial charge in [0.25, 0.3) is 0 Å². The van der Waals surface area contributed by atoms with E-state index in [9.17, 15) is 19.5 Å². The molecule has 31 heavy (non-hydrogen) atoms. The molecular weight excluding hydrogens is 418 g/mol. The van der Waals surface area contributed by atoms with Gasteiger partial charge in [-0.15, -0.1) is 11.8 Å². The molecule has 2 aliphatic heterocycles. The molecule has 0 aliphatic carbocycles. The summed E-state index contributed by atoms with van der Waals surface area (Å²) in [7, 11) is 0. The van der Waals surface area contributed by atoms with Crippen LogP contribution < -0.4 is 9.88 Å². The number of nitrogens with one attached hydrogen (secondary N) is 1. The number of nitrogens with zero attached hydrogens (tertiary/aromatic N) is 2. The molecule has 1 aromatic carbocycles. The lowest BCUT2D eigenvalue weighted by Gasteiger charge is -2.43. The number of aromatic nitrogens is 1. The molecular formula is C22H20N3O5S+. The third-order valence-corrected chi connectivity index (χ3v) is 6.25. The average Bonchev–Trinajstić information content (AvgIpc) is 2.74. The van der Waals surface area contributed by atoms with Crippen LogP contribution in [-0.4, -0.2) is 44.1 Å². The third kappa shape index (κ3) is 4.46. The second kappa shape index (κ2) is 8.65. The summed E-state index contributed by atoms with van der Waals surface area (Å²) in [5.74, 6) is -1.64. The molecule has 1 saturated heterocycles. The van der Waals surface area contributed by atoms with E-state index in [1.807, 2.05) is 35.2 Å². The lowest BCUT2D eigenvalue weighted by molar-refractivity contribution is -0.686. The van der Waals surface area contributed by atoms with Crippen molar-refractivity contribution in [3.63, 3.8) is 0 Å². The van der Waals surface area contributed by atoms with E-state index in [4.69, 9.17) is 5.11 Å². The second-order valence-corrected chi connectivity index (χ2v) is 8.28. The van der Waals surface area contributed by atoms with Gasteiger partial charge in [-0.25, -0.2) is 14.2 Å². The summed E-state index contributed by atoms with van der Waals surface area (Å²) < 4.78 is 1.92. The second-order valence-electron chi connectivity index (χ2n) is 7.11. The summed E-state index contributed by atoms with van der Waals surface area (Å²) in [5, 5.41) is 21.7. The number of allylic oxidation sites excluding steroid dienone is 2. The highest BCUT2D eigenvalue weighted by Gasteiger charge is 2.44. The van der Waals surface area contributed by atoms with Crippen LogP contribution in [0.4, 0.5) is 11.4 Å². The lowest BCUT2D eigenvalue weighted by atomic mass is 10.1. The Morgan fingerprint density at radius 1 is 1.16 bits per heavy atom. The van der Waals surface area contributed by atoms with Crippen molar-refractivity contribution in [2.24, 2.45) is 0 Å². The van der Waals surface area contributed by atoms with Crippen molar-refractivity contribution >= 4 is 41.0 Å². The molecule has 0 bridgehead atoms. The fourth-order valence-corrected chi connectivity index (χ4v) is 4.68. The van der Waals surface area contributed by atoms with Crippen molar-refractivity contribution in [1.29, 1.82) is 0 Å². The number of carbonyl (C=O) groups is 3. The van der Waals surface area contributed by atoms with Crippen LogP contribution in [0.3, 0.4) is 0 Å². The Balaban J connectivity index is 1.41. The van der Waals surface area contributed by atoms with Gasteiger partial charge in [0, 0.05) is 23.6 Å². The molecule has 0 spiro atoms. The van der Waals surface area contributed by atoms with E-state index in [1.165, 1.54) is 11.0 Å². The zero-order valence-electron chi connectivity index (χ0n) is 16.4. The average molecular weight is 438 g/mol. The normalized spacial score (nSPS) is 18.0. The fraction of sp³-hybridized carbons (Fsp3) is 0.182. The van der Waals surface area contributed by atoms with Crippen LogP contribution in [0.25, 0.3) is 0 Å². The minimum absolute atomic E-state index is 0.0543. The molecule has 158 valence electrons. The van der Waals surface area contributed by atoms with E-state index in [0.29, 0.717) is 30.0 Å². The van der Waals surface area contributed by atoms with Gasteiger partial charge in [0.05, 0.1) is 23.0 Å². The van der Waals surface area contributed by atoms with Crippen LogP contribution in [0.2, 0.25) is 0 Å². The van der Waals surface area contributed by atoms with Gasteiger partial charge in [-0.05, 0) is 29.8 Å². The number of fused-ring (bicyclic) bond motifs is 1. The van der Waals surface area contributed by atoms with Crippen LogP contribution >= 0.6 is 11.8 Å². The molecule has 1 atom stereocenters. The number of benzene rings is 1. The van der Waals surface area contributed by atoms with Crippen molar-refractivity contribution in [3.8, 4) is 0 Å². The highest BCUT2D eigenvalue weighted by Crippen LogP contribution is 2.40. The highest BCUT2D eigenvalue weighted by molar-refractivity contribution is 8.00. The first-order valence-corrected chi connectivity index (χ1v) is 10.6. The van der Waals surface area contributed by atoms with Gasteiger partial charge in [0.15, 0.2) is 18.9 Å². The van der Waals surface area contributed by atoms with E-state index >= 15 is 0 Å². The molecule has 0 radical (unpaired) electrons. The van der Waals surface area contributed by atoms with Crippen LogP contribution in [0, 0.1) is 0 Å². The largest absolute Gasteiger partial charge is 0.478 e. The van der Waals surface area contributed by atoms with E-state index in [2.05, 4.69) is 5.32 Å². The molecule has 0 saturated carbocycles. The van der Waals surface area contributed by atoms with Gasteiger partial charge in [-0.3, -0.25) is 9.69 Å². The molecule has 1 fully saturated rings. The summed E-state index contributed by atoms with van der Waals surface area (Å²) in [4.78, 5) is 35.9. The molecule has 8 nitrogen and oxygen atoms in total. The number of hydrogen-bond acceptors (Lipinski definition) is 5. The number of carbonyl (C=O) groups excluding carboxylic acids is 1. The van der Waals surface area contributed by atoms with Crippen molar-refractivity contribution < 1.29 is 29.2 Å². The monoisotopic (exact) mass is 438 g/mol. The van der Waals surface area contributed by atoms with Gasteiger partial charge >= 0.3 is 11.9 Å². The van der Waals surface area contributed by atoms with E-state index in [1.54, 1.807) is 36.0 Å². The molecule has 2 aliphatic rings. The van der Waals surface area contributed by atoms with E-state index in [0.717, 1.165) is 5.69 Å². The topological polar surface area (TPSA) is 111 Å². The number of pyridine rings is 1. The lowest BCUT2D eigenvalue weighted by Crippen LogP contribution is -2.53. The predicted molar refractivity (Wildman–Crippen MR) is 115 cm³/mol. The minimum atomic E-state index is -1.08. The number of carboxylic acid groups (broad SMARTS) is 2. The first-order chi connectivity index (χ1) is 14.9. The number of β-lactam (4-membered cyclic amide) rings is 1. The minimum Gasteiger partial charge on any atom is -0.478 e. The number of aliphatic carboxylic acids is 1. The Hall–Kier alpha value is -3.59. The highest BCUT2D eigenvalue weighted by atomic mass is 32.2.